The number of rotatable bonds is 6. The molecule has 1 atom stereocenters. The van der Waals surface area contributed by atoms with Crippen LogP contribution in [0.5, 0.6) is 0 Å². The lowest BCUT2D eigenvalue weighted by Crippen LogP contribution is -2.19. The molecule has 0 spiro atoms. The van der Waals surface area contributed by atoms with Crippen molar-refractivity contribution in [2.45, 2.75) is 18.9 Å². The maximum atomic E-state index is 11.7. The van der Waals surface area contributed by atoms with Gasteiger partial charge in [-0.3, -0.25) is 0 Å². The van der Waals surface area contributed by atoms with Gasteiger partial charge in [-0.05, 0) is 31.0 Å². The molecule has 8 heteroatoms. The van der Waals surface area contributed by atoms with E-state index in [0.29, 0.717) is 34.5 Å². The molecule has 1 saturated heterocycles. The summed E-state index contributed by atoms with van der Waals surface area (Å²) in [7, 11) is 1.33. The van der Waals surface area contributed by atoms with E-state index in [0.717, 1.165) is 19.4 Å². The highest BCUT2D eigenvalue weighted by atomic mass is 35.5. The maximum Gasteiger partial charge on any atom is 0.337 e. The normalized spacial score (nSPS) is 16.5. The predicted molar refractivity (Wildman–Crippen MR) is 95.6 cm³/mol. The van der Waals surface area contributed by atoms with E-state index >= 15 is 0 Å². The van der Waals surface area contributed by atoms with Gasteiger partial charge >= 0.3 is 5.97 Å². The van der Waals surface area contributed by atoms with Gasteiger partial charge in [0, 0.05) is 19.2 Å². The molecule has 0 amide bonds. The molecule has 0 aliphatic carbocycles. The predicted octanol–water partition coefficient (Wildman–Crippen LogP) is 3.25. The summed E-state index contributed by atoms with van der Waals surface area (Å²) in [6, 6.07) is 6.63. The standard InChI is InChI=1S/C17H19ClN4O3/c1-24-17(23)11-4-5-13(18)14(7-11)22-16-8-15(20-10-21-16)19-9-12-3-2-6-25-12/h4-5,7-8,10,12H,2-3,6,9H2,1H3,(H2,19,20,21,22). The van der Waals surface area contributed by atoms with E-state index < -0.39 is 5.97 Å². The van der Waals surface area contributed by atoms with Crippen molar-refractivity contribution in [3.05, 3.63) is 41.2 Å². The van der Waals surface area contributed by atoms with E-state index in [4.69, 9.17) is 21.1 Å². The minimum Gasteiger partial charge on any atom is -0.465 e. The second-order valence-corrected chi connectivity index (χ2v) is 6.02. The van der Waals surface area contributed by atoms with Gasteiger partial charge in [-0.2, -0.15) is 0 Å². The Hall–Kier alpha value is -2.38. The van der Waals surface area contributed by atoms with Crippen molar-refractivity contribution < 1.29 is 14.3 Å². The summed E-state index contributed by atoms with van der Waals surface area (Å²) in [5, 5.41) is 6.81. The molecule has 132 valence electrons. The molecular weight excluding hydrogens is 344 g/mol. The molecule has 7 nitrogen and oxygen atoms in total. The molecule has 3 rings (SSSR count). The van der Waals surface area contributed by atoms with E-state index in [-0.39, 0.29) is 6.10 Å². The minimum absolute atomic E-state index is 0.220. The van der Waals surface area contributed by atoms with E-state index in [1.54, 1.807) is 24.3 Å². The Morgan fingerprint density at radius 2 is 2.20 bits per heavy atom. The molecular formula is C17H19ClN4O3. The van der Waals surface area contributed by atoms with Crippen molar-refractivity contribution in [2.75, 3.05) is 30.9 Å². The third-order valence-corrected chi connectivity index (χ3v) is 4.18. The minimum atomic E-state index is -0.429. The zero-order valence-electron chi connectivity index (χ0n) is 13.8. The van der Waals surface area contributed by atoms with E-state index in [1.807, 2.05) is 0 Å². The number of aromatic nitrogens is 2. The SMILES string of the molecule is COC(=O)c1ccc(Cl)c(Nc2cc(NCC3CCCO3)ncn2)c1. The summed E-state index contributed by atoms with van der Waals surface area (Å²) in [6.45, 7) is 1.52. The molecule has 1 unspecified atom stereocenters. The van der Waals surface area contributed by atoms with Crippen LogP contribution in [0, 0.1) is 0 Å². The molecule has 1 aromatic carbocycles. The third-order valence-electron chi connectivity index (χ3n) is 3.85. The molecule has 0 saturated carbocycles. The van der Waals surface area contributed by atoms with Crippen molar-refractivity contribution in [3.63, 3.8) is 0 Å². The first kappa shape index (κ1) is 17.4. The summed E-state index contributed by atoms with van der Waals surface area (Å²) < 4.78 is 10.3. The van der Waals surface area contributed by atoms with Gasteiger partial charge < -0.3 is 20.1 Å². The number of anilines is 3. The smallest absolute Gasteiger partial charge is 0.337 e. The van der Waals surface area contributed by atoms with Crippen molar-refractivity contribution in [2.24, 2.45) is 0 Å². The zero-order chi connectivity index (χ0) is 17.6. The Morgan fingerprint density at radius 3 is 2.96 bits per heavy atom. The average molecular weight is 363 g/mol. The molecule has 2 N–H and O–H groups in total. The first-order valence-electron chi connectivity index (χ1n) is 7.98. The van der Waals surface area contributed by atoms with Crippen LogP contribution in [-0.4, -0.2) is 42.3 Å². The average Bonchev–Trinajstić information content (AvgIpc) is 3.15. The Balaban J connectivity index is 1.70. The lowest BCUT2D eigenvalue weighted by atomic mass is 10.2. The van der Waals surface area contributed by atoms with Crippen LogP contribution in [0.4, 0.5) is 17.3 Å². The van der Waals surface area contributed by atoms with Gasteiger partial charge in [0.1, 0.15) is 18.0 Å². The van der Waals surface area contributed by atoms with E-state index in [1.165, 1.54) is 13.4 Å². The fraction of sp³-hybridized carbons (Fsp3) is 0.353. The summed E-state index contributed by atoms with van der Waals surface area (Å²) >= 11 is 6.19. The molecule has 0 radical (unpaired) electrons. The number of nitrogens with zero attached hydrogens (tertiary/aromatic N) is 2. The second kappa shape index (κ2) is 8.13. The summed E-state index contributed by atoms with van der Waals surface area (Å²) in [6.07, 6.45) is 3.83. The zero-order valence-corrected chi connectivity index (χ0v) is 14.5. The van der Waals surface area contributed by atoms with Crippen LogP contribution >= 0.6 is 11.6 Å². The van der Waals surface area contributed by atoms with Crippen LogP contribution in [-0.2, 0) is 9.47 Å². The first-order chi connectivity index (χ1) is 12.2. The van der Waals surface area contributed by atoms with Gasteiger partial charge in [-0.15, -0.1) is 0 Å². The lowest BCUT2D eigenvalue weighted by molar-refractivity contribution is 0.0601. The topological polar surface area (TPSA) is 85.4 Å². The molecule has 2 aromatic rings. The van der Waals surface area contributed by atoms with Crippen molar-refractivity contribution in [1.29, 1.82) is 0 Å². The number of ether oxygens (including phenoxy) is 2. The van der Waals surface area contributed by atoms with Crippen LogP contribution in [0.1, 0.15) is 23.2 Å². The molecule has 2 heterocycles. The Bertz CT molecular complexity index is 750. The number of hydrogen-bond acceptors (Lipinski definition) is 7. The Labute approximate surface area is 150 Å². The highest BCUT2D eigenvalue weighted by Gasteiger charge is 2.15. The number of hydrogen-bond donors (Lipinski definition) is 2. The number of carbonyl (C=O) groups excluding carboxylic acids is 1. The van der Waals surface area contributed by atoms with Crippen molar-refractivity contribution in [3.8, 4) is 0 Å². The van der Waals surface area contributed by atoms with Crippen LogP contribution in [0.2, 0.25) is 5.02 Å². The highest BCUT2D eigenvalue weighted by molar-refractivity contribution is 6.33. The number of halogens is 1. The number of carbonyl (C=O) groups is 1. The molecule has 25 heavy (non-hydrogen) atoms. The van der Waals surface area contributed by atoms with Crippen LogP contribution in [0.25, 0.3) is 0 Å². The molecule has 1 fully saturated rings. The van der Waals surface area contributed by atoms with Gasteiger partial charge in [0.15, 0.2) is 0 Å². The van der Waals surface area contributed by atoms with E-state index in [9.17, 15) is 4.79 Å². The molecule has 0 bridgehead atoms. The summed E-state index contributed by atoms with van der Waals surface area (Å²) in [5.41, 5.74) is 0.966. The highest BCUT2D eigenvalue weighted by Crippen LogP contribution is 2.26. The maximum absolute atomic E-state index is 11.7. The van der Waals surface area contributed by atoms with Gasteiger partial charge in [0.05, 0.1) is 29.5 Å². The van der Waals surface area contributed by atoms with Gasteiger partial charge in [-0.25, -0.2) is 14.8 Å². The molecule has 1 aromatic heterocycles. The largest absolute Gasteiger partial charge is 0.465 e. The number of esters is 1. The fourth-order valence-corrected chi connectivity index (χ4v) is 2.71. The Kier molecular flexibility index (Phi) is 5.67. The van der Waals surface area contributed by atoms with Crippen molar-refractivity contribution in [1.82, 2.24) is 9.97 Å². The fourth-order valence-electron chi connectivity index (χ4n) is 2.55. The monoisotopic (exact) mass is 362 g/mol. The van der Waals surface area contributed by atoms with E-state index in [2.05, 4.69) is 20.6 Å². The first-order valence-corrected chi connectivity index (χ1v) is 8.36. The van der Waals surface area contributed by atoms with Crippen LogP contribution in [0.15, 0.2) is 30.6 Å². The number of methoxy groups -OCH3 is 1. The van der Waals surface area contributed by atoms with Crippen LogP contribution < -0.4 is 10.6 Å². The quantitative estimate of drug-likeness (QED) is 0.763. The van der Waals surface area contributed by atoms with Gasteiger partial charge in [0.25, 0.3) is 0 Å². The second-order valence-electron chi connectivity index (χ2n) is 5.62. The third kappa shape index (κ3) is 4.58. The van der Waals surface area contributed by atoms with Crippen LogP contribution in [0.3, 0.4) is 0 Å². The number of benzene rings is 1. The van der Waals surface area contributed by atoms with Gasteiger partial charge in [0.2, 0.25) is 0 Å². The lowest BCUT2D eigenvalue weighted by Gasteiger charge is -2.13. The Morgan fingerprint density at radius 1 is 1.36 bits per heavy atom. The van der Waals surface area contributed by atoms with Gasteiger partial charge in [-0.1, -0.05) is 11.6 Å². The molecule has 1 aliphatic heterocycles. The summed E-state index contributed by atoms with van der Waals surface area (Å²) in [5.74, 6) is 0.823. The summed E-state index contributed by atoms with van der Waals surface area (Å²) in [4.78, 5) is 20.0. The number of nitrogens with one attached hydrogen (secondary N) is 2. The van der Waals surface area contributed by atoms with Crippen molar-refractivity contribution >= 4 is 34.9 Å². The molecule has 1 aliphatic rings.